The lowest BCUT2D eigenvalue weighted by Gasteiger charge is -2.27. The van der Waals surface area contributed by atoms with Gasteiger partial charge in [-0.15, -0.1) is 11.3 Å². The highest BCUT2D eigenvalue weighted by Crippen LogP contribution is 2.35. The molecule has 1 aromatic heterocycles. The molecule has 1 aliphatic rings. The van der Waals surface area contributed by atoms with Crippen molar-refractivity contribution in [2.75, 3.05) is 33.3 Å². The number of hydrogen-bond donors (Lipinski definition) is 1. The number of nitrogens with one attached hydrogen (secondary N) is 1. The maximum Gasteiger partial charge on any atom is 0.252 e. The molecule has 0 amide bonds. The van der Waals surface area contributed by atoms with Crippen molar-refractivity contribution in [1.29, 1.82) is 0 Å². The fourth-order valence-electron chi connectivity index (χ4n) is 1.73. The van der Waals surface area contributed by atoms with E-state index in [2.05, 4.69) is 21.2 Å². The van der Waals surface area contributed by atoms with Gasteiger partial charge in [0.15, 0.2) is 0 Å². The van der Waals surface area contributed by atoms with Crippen molar-refractivity contribution in [3.05, 3.63) is 14.9 Å². The highest BCUT2D eigenvalue weighted by molar-refractivity contribution is 9.11. The number of thiophene rings is 1. The zero-order valence-electron chi connectivity index (χ0n) is 10.2. The minimum absolute atomic E-state index is 0.118. The lowest BCUT2D eigenvalue weighted by atomic mass is 10.3. The third-order valence-electron chi connectivity index (χ3n) is 2.75. The second-order valence-electron chi connectivity index (χ2n) is 4.17. The molecule has 0 radical (unpaired) electrons. The van der Waals surface area contributed by atoms with Crippen LogP contribution < -0.4 is 5.32 Å². The monoisotopic (exact) mass is 388 g/mol. The molecule has 0 saturated carbocycles. The Morgan fingerprint density at radius 2 is 2.42 bits per heavy atom. The predicted molar refractivity (Wildman–Crippen MR) is 79.5 cm³/mol. The van der Waals surface area contributed by atoms with Crippen molar-refractivity contribution in [3.8, 4) is 0 Å². The summed E-state index contributed by atoms with van der Waals surface area (Å²) in [4.78, 5) is 0. The molecule has 1 aliphatic heterocycles. The molecule has 1 saturated heterocycles. The number of sulfonamides is 1. The first-order valence-electron chi connectivity index (χ1n) is 5.65. The zero-order chi connectivity index (χ0) is 14.0. The summed E-state index contributed by atoms with van der Waals surface area (Å²) in [7, 11) is -1.96. The van der Waals surface area contributed by atoms with E-state index < -0.39 is 10.0 Å². The first-order valence-corrected chi connectivity index (χ1v) is 9.07. The van der Waals surface area contributed by atoms with Crippen LogP contribution in [0.15, 0.2) is 14.1 Å². The van der Waals surface area contributed by atoms with Gasteiger partial charge < -0.3 is 10.1 Å². The van der Waals surface area contributed by atoms with Gasteiger partial charge in [0.1, 0.15) is 4.21 Å². The summed E-state index contributed by atoms with van der Waals surface area (Å²) in [5, 5.41) is 3.58. The van der Waals surface area contributed by atoms with Crippen LogP contribution in [0.3, 0.4) is 0 Å². The number of nitrogens with zero attached hydrogens (tertiary/aromatic N) is 1. The van der Waals surface area contributed by atoms with E-state index >= 15 is 0 Å². The van der Waals surface area contributed by atoms with Crippen LogP contribution in [0.5, 0.6) is 0 Å². The molecule has 108 valence electrons. The van der Waals surface area contributed by atoms with Gasteiger partial charge in [-0.3, -0.25) is 0 Å². The van der Waals surface area contributed by atoms with Gasteiger partial charge in [0.05, 0.1) is 21.5 Å². The number of ether oxygens (including phenoxy) is 1. The SMILES string of the molecule is CN(CC1CNCCO1)S(=O)(=O)c1cc(Cl)c(Br)s1. The van der Waals surface area contributed by atoms with Crippen LogP contribution in [-0.4, -0.2) is 52.1 Å². The van der Waals surface area contributed by atoms with Crippen molar-refractivity contribution >= 4 is 48.9 Å². The summed E-state index contributed by atoms with van der Waals surface area (Å²) in [5.41, 5.74) is 0. The molecular weight excluding hydrogens is 376 g/mol. The Balaban J connectivity index is 2.10. The highest BCUT2D eigenvalue weighted by Gasteiger charge is 2.27. The molecule has 2 heterocycles. The number of hydrogen-bond acceptors (Lipinski definition) is 5. The maximum atomic E-state index is 12.4. The highest BCUT2D eigenvalue weighted by atomic mass is 79.9. The molecule has 9 heteroatoms. The van der Waals surface area contributed by atoms with Crippen LogP contribution in [0.25, 0.3) is 0 Å². The van der Waals surface area contributed by atoms with Crippen LogP contribution in [-0.2, 0) is 14.8 Å². The lowest BCUT2D eigenvalue weighted by Crippen LogP contribution is -2.45. The first-order chi connectivity index (χ1) is 8.91. The van der Waals surface area contributed by atoms with Crippen LogP contribution in [0.4, 0.5) is 0 Å². The topological polar surface area (TPSA) is 58.6 Å². The Morgan fingerprint density at radius 3 is 2.95 bits per heavy atom. The van der Waals surface area contributed by atoms with Gasteiger partial charge in [-0.2, -0.15) is 4.31 Å². The molecule has 1 N–H and O–H groups in total. The summed E-state index contributed by atoms with van der Waals surface area (Å²) >= 11 is 10.2. The number of likely N-dealkylation sites (N-methyl/N-ethyl adjacent to an activating group) is 1. The van der Waals surface area contributed by atoms with Crippen LogP contribution in [0.1, 0.15) is 0 Å². The Labute approximate surface area is 130 Å². The van der Waals surface area contributed by atoms with Gasteiger partial charge >= 0.3 is 0 Å². The van der Waals surface area contributed by atoms with E-state index in [-0.39, 0.29) is 10.3 Å². The summed E-state index contributed by atoms with van der Waals surface area (Å²) in [6.07, 6.45) is -0.118. The Hall–Kier alpha value is 0.300. The molecule has 1 fully saturated rings. The molecule has 5 nitrogen and oxygen atoms in total. The fraction of sp³-hybridized carbons (Fsp3) is 0.600. The third kappa shape index (κ3) is 3.69. The number of rotatable bonds is 4. The quantitative estimate of drug-likeness (QED) is 0.853. The van der Waals surface area contributed by atoms with Gasteiger partial charge in [0.2, 0.25) is 0 Å². The normalized spacial score (nSPS) is 20.9. The van der Waals surface area contributed by atoms with Gasteiger partial charge in [-0.1, -0.05) is 11.6 Å². The Kier molecular flexibility index (Phi) is 5.27. The molecule has 0 bridgehead atoms. The molecule has 1 unspecified atom stereocenters. The van der Waals surface area contributed by atoms with E-state index in [1.807, 2.05) is 0 Å². The molecule has 0 spiro atoms. The fourth-order valence-corrected chi connectivity index (χ4v) is 5.54. The second kappa shape index (κ2) is 6.38. The first kappa shape index (κ1) is 15.7. The summed E-state index contributed by atoms with van der Waals surface area (Å²) < 4.78 is 32.4. The van der Waals surface area contributed by atoms with Crippen LogP contribution in [0.2, 0.25) is 5.02 Å². The standard InChI is InChI=1S/C10H14BrClN2O3S2/c1-14(6-7-5-13-2-3-17-7)19(15,16)9-4-8(12)10(11)18-9/h4,7,13H,2-3,5-6H2,1H3. The molecule has 19 heavy (non-hydrogen) atoms. The summed E-state index contributed by atoms with van der Waals surface area (Å²) in [5.74, 6) is 0. The van der Waals surface area contributed by atoms with E-state index in [0.29, 0.717) is 28.5 Å². The molecule has 1 atom stereocenters. The minimum atomic E-state index is -3.51. The van der Waals surface area contributed by atoms with Crippen molar-refractivity contribution in [1.82, 2.24) is 9.62 Å². The van der Waals surface area contributed by atoms with Gasteiger partial charge in [-0.25, -0.2) is 8.42 Å². The predicted octanol–water partition coefficient (Wildman–Crippen LogP) is 1.77. The number of morpholine rings is 1. The van der Waals surface area contributed by atoms with Crippen LogP contribution >= 0.6 is 38.9 Å². The average Bonchev–Trinajstić information content (AvgIpc) is 2.71. The molecular formula is C10H14BrClN2O3S2. The largest absolute Gasteiger partial charge is 0.374 e. The average molecular weight is 390 g/mol. The minimum Gasteiger partial charge on any atom is -0.374 e. The zero-order valence-corrected chi connectivity index (χ0v) is 14.2. The molecule has 0 aliphatic carbocycles. The number of halogens is 2. The molecule has 2 rings (SSSR count). The van der Waals surface area contributed by atoms with Gasteiger partial charge in [0.25, 0.3) is 10.0 Å². The van der Waals surface area contributed by atoms with E-state index in [1.54, 1.807) is 7.05 Å². The Morgan fingerprint density at radius 1 is 1.68 bits per heavy atom. The van der Waals surface area contributed by atoms with Crippen molar-refractivity contribution in [2.45, 2.75) is 10.3 Å². The summed E-state index contributed by atoms with van der Waals surface area (Å²) in [6, 6.07) is 1.46. The van der Waals surface area contributed by atoms with Gasteiger partial charge in [-0.05, 0) is 22.0 Å². The maximum absolute atomic E-state index is 12.4. The molecule has 0 aromatic carbocycles. The smallest absolute Gasteiger partial charge is 0.252 e. The van der Waals surface area contributed by atoms with E-state index in [0.717, 1.165) is 17.9 Å². The summed E-state index contributed by atoms with van der Waals surface area (Å²) in [6.45, 7) is 2.40. The van der Waals surface area contributed by atoms with Crippen LogP contribution in [0, 0.1) is 0 Å². The van der Waals surface area contributed by atoms with E-state index in [9.17, 15) is 8.42 Å². The third-order valence-corrected chi connectivity index (χ3v) is 7.50. The lowest BCUT2D eigenvalue weighted by molar-refractivity contribution is 0.0206. The van der Waals surface area contributed by atoms with Gasteiger partial charge in [0, 0.05) is 26.7 Å². The van der Waals surface area contributed by atoms with Crippen molar-refractivity contribution in [2.24, 2.45) is 0 Å². The van der Waals surface area contributed by atoms with Crippen molar-refractivity contribution < 1.29 is 13.2 Å². The second-order valence-corrected chi connectivity index (χ2v) is 9.22. The van der Waals surface area contributed by atoms with Crippen molar-refractivity contribution in [3.63, 3.8) is 0 Å². The Bertz CT molecular complexity index is 523. The van der Waals surface area contributed by atoms with E-state index in [4.69, 9.17) is 16.3 Å². The van der Waals surface area contributed by atoms with E-state index in [1.165, 1.54) is 10.4 Å². The molecule has 1 aromatic rings.